The molecular formula is C20H24O7. The van der Waals surface area contributed by atoms with Crippen molar-refractivity contribution in [1.82, 2.24) is 0 Å². The lowest BCUT2D eigenvalue weighted by Crippen LogP contribution is -2.39. The number of aliphatic hydroxyl groups is 2. The summed E-state index contributed by atoms with van der Waals surface area (Å²) in [7, 11) is 0. The van der Waals surface area contributed by atoms with Crippen molar-refractivity contribution in [3.05, 3.63) is 47.6 Å². The van der Waals surface area contributed by atoms with Gasteiger partial charge in [-0.05, 0) is 19.9 Å². The van der Waals surface area contributed by atoms with Crippen molar-refractivity contribution in [2.75, 3.05) is 13.2 Å². The van der Waals surface area contributed by atoms with E-state index in [-0.39, 0.29) is 30.3 Å². The molecule has 0 aromatic heterocycles. The van der Waals surface area contributed by atoms with Gasteiger partial charge >= 0.3 is 11.9 Å². The number of hydrogen-bond donors (Lipinski definition) is 2. The van der Waals surface area contributed by atoms with Crippen molar-refractivity contribution in [2.24, 2.45) is 5.92 Å². The highest BCUT2D eigenvalue weighted by Crippen LogP contribution is 2.46. The van der Waals surface area contributed by atoms with E-state index in [4.69, 9.17) is 14.2 Å². The number of epoxide rings is 1. The average molecular weight is 376 g/mol. The highest BCUT2D eigenvalue weighted by atomic mass is 16.6. The first-order chi connectivity index (χ1) is 12.8. The van der Waals surface area contributed by atoms with E-state index >= 15 is 0 Å². The monoisotopic (exact) mass is 376 g/mol. The third kappa shape index (κ3) is 3.63. The van der Waals surface area contributed by atoms with E-state index in [0.29, 0.717) is 0 Å². The quantitative estimate of drug-likeness (QED) is 0.428. The van der Waals surface area contributed by atoms with Gasteiger partial charge in [-0.25, -0.2) is 9.59 Å². The molecule has 2 saturated heterocycles. The largest absolute Gasteiger partial charge is 0.458 e. The fraction of sp³-hybridized carbons (Fsp3) is 0.500. The second kappa shape index (κ2) is 7.42. The van der Waals surface area contributed by atoms with Crippen molar-refractivity contribution in [1.29, 1.82) is 0 Å². The van der Waals surface area contributed by atoms with Gasteiger partial charge in [0.1, 0.15) is 23.9 Å². The number of carbonyl (C=O) groups is 2. The Bertz CT molecular complexity index is 747. The Hall–Kier alpha value is -2.22. The normalized spacial score (nSPS) is 38.8. The second-order valence-electron chi connectivity index (χ2n) is 7.07. The molecule has 0 radical (unpaired) electrons. The number of carbonyl (C=O) groups excluding carboxylic acids is 2. The van der Waals surface area contributed by atoms with E-state index in [9.17, 15) is 19.8 Å². The first-order valence-corrected chi connectivity index (χ1v) is 8.87. The van der Waals surface area contributed by atoms with Crippen LogP contribution >= 0.6 is 0 Å². The van der Waals surface area contributed by atoms with E-state index in [2.05, 4.69) is 6.58 Å². The molecule has 2 heterocycles. The van der Waals surface area contributed by atoms with Gasteiger partial charge in [0.15, 0.2) is 0 Å². The topological polar surface area (TPSA) is 106 Å². The summed E-state index contributed by atoms with van der Waals surface area (Å²) in [5, 5.41) is 19.2. The molecule has 3 aliphatic rings. The lowest BCUT2D eigenvalue weighted by atomic mass is 9.83. The van der Waals surface area contributed by atoms with Crippen LogP contribution in [0.1, 0.15) is 20.3 Å². The van der Waals surface area contributed by atoms with E-state index < -0.39 is 42.3 Å². The minimum atomic E-state index is -0.884. The van der Waals surface area contributed by atoms with Crippen molar-refractivity contribution in [3.8, 4) is 0 Å². The SMILES string of the molecule is C=C1C(=O)O[C@H]2/C=C(C)\C=C/[C@H]3O[C@@]3(CO)C[C@@H](OC(=O)/C(=C\C)CO)[C@@H]12. The van der Waals surface area contributed by atoms with Gasteiger partial charge in [0, 0.05) is 12.0 Å². The Kier molecular flexibility index (Phi) is 5.37. The van der Waals surface area contributed by atoms with Crippen LogP contribution in [0.15, 0.2) is 47.6 Å². The molecule has 0 aromatic rings. The van der Waals surface area contributed by atoms with Gasteiger partial charge in [0.05, 0.1) is 24.7 Å². The van der Waals surface area contributed by atoms with Crippen LogP contribution in [-0.2, 0) is 23.8 Å². The number of fused-ring (bicyclic) bond motifs is 2. The maximum absolute atomic E-state index is 12.4. The Balaban J connectivity index is 1.98. The van der Waals surface area contributed by atoms with Crippen LogP contribution in [0.2, 0.25) is 0 Å². The lowest BCUT2D eigenvalue weighted by molar-refractivity contribution is -0.149. The molecule has 0 saturated carbocycles. The highest BCUT2D eigenvalue weighted by Gasteiger charge is 2.58. The fourth-order valence-corrected chi connectivity index (χ4v) is 3.59. The molecule has 0 amide bonds. The van der Waals surface area contributed by atoms with Crippen LogP contribution in [0, 0.1) is 5.92 Å². The molecule has 1 aliphatic carbocycles. The Labute approximate surface area is 157 Å². The van der Waals surface area contributed by atoms with Crippen LogP contribution in [0.5, 0.6) is 0 Å². The minimum Gasteiger partial charge on any atom is -0.458 e. The number of hydrogen-bond acceptors (Lipinski definition) is 7. The Morgan fingerprint density at radius 2 is 2.22 bits per heavy atom. The first-order valence-electron chi connectivity index (χ1n) is 8.87. The van der Waals surface area contributed by atoms with Crippen molar-refractivity contribution in [2.45, 2.75) is 44.2 Å². The average Bonchev–Trinajstić information content (AvgIpc) is 3.25. The van der Waals surface area contributed by atoms with Crippen LogP contribution in [-0.4, -0.2) is 59.3 Å². The molecule has 0 aromatic carbocycles. The molecule has 0 spiro atoms. The van der Waals surface area contributed by atoms with Gasteiger partial charge in [-0.2, -0.15) is 0 Å². The summed E-state index contributed by atoms with van der Waals surface area (Å²) in [6.07, 6.45) is 5.36. The lowest BCUT2D eigenvalue weighted by Gasteiger charge is -2.28. The van der Waals surface area contributed by atoms with E-state index in [1.807, 2.05) is 19.1 Å². The summed E-state index contributed by atoms with van der Waals surface area (Å²) in [5.41, 5.74) is 0.289. The molecule has 7 heteroatoms. The summed E-state index contributed by atoms with van der Waals surface area (Å²) in [5.74, 6) is -1.83. The summed E-state index contributed by atoms with van der Waals surface area (Å²) in [6.45, 7) is 6.58. The molecular weight excluding hydrogens is 352 g/mol. The molecule has 5 atom stereocenters. The fourth-order valence-electron chi connectivity index (χ4n) is 3.59. The first kappa shape index (κ1) is 19.5. The summed E-state index contributed by atoms with van der Waals surface area (Å²) < 4.78 is 16.8. The van der Waals surface area contributed by atoms with Gasteiger partial charge in [0.25, 0.3) is 0 Å². The van der Waals surface area contributed by atoms with Crippen molar-refractivity contribution >= 4 is 11.9 Å². The molecule has 0 unspecified atom stereocenters. The number of allylic oxidation sites excluding steroid dienone is 3. The standard InChI is InChI=1S/C20H24O7/c1-4-13(9-21)19(24)26-15-8-20(10-22)16(27-20)6-5-11(2)7-14-17(15)12(3)18(23)25-14/h4-7,14-17,21-22H,3,8-10H2,1-2H3/b6-5-,11-7-,13-4-/t14-,15+,16+,17-,20+/m0/s1. The van der Waals surface area contributed by atoms with Gasteiger partial charge in [0.2, 0.25) is 0 Å². The molecule has 2 N–H and O–H groups in total. The highest BCUT2D eigenvalue weighted by molar-refractivity contribution is 5.92. The molecule has 146 valence electrons. The Morgan fingerprint density at radius 3 is 2.85 bits per heavy atom. The Morgan fingerprint density at radius 1 is 1.48 bits per heavy atom. The zero-order valence-corrected chi connectivity index (χ0v) is 15.4. The summed E-state index contributed by atoms with van der Waals surface area (Å²) in [4.78, 5) is 24.6. The zero-order valence-electron chi connectivity index (χ0n) is 15.4. The van der Waals surface area contributed by atoms with Crippen LogP contribution in [0.3, 0.4) is 0 Å². The predicted octanol–water partition coefficient (Wildman–Crippen LogP) is 0.971. The number of esters is 2. The number of aliphatic hydroxyl groups excluding tert-OH is 2. The van der Waals surface area contributed by atoms with Gasteiger partial charge in [-0.3, -0.25) is 0 Å². The number of rotatable bonds is 4. The van der Waals surface area contributed by atoms with Gasteiger partial charge in [-0.1, -0.05) is 30.4 Å². The predicted molar refractivity (Wildman–Crippen MR) is 95.4 cm³/mol. The molecule has 3 rings (SSSR count). The molecule has 2 fully saturated rings. The van der Waals surface area contributed by atoms with Crippen molar-refractivity contribution < 1.29 is 34.0 Å². The zero-order chi connectivity index (χ0) is 19.8. The van der Waals surface area contributed by atoms with E-state index in [0.717, 1.165) is 5.57 Å². The number of ether oxygens (including phenoxy) is 3. The molecule has 7 nitrogen and oxygen atoms in total. The summed E-state index contributed by atoms with van der Waals surface area (Å²) in [6, 6.07) is 0. The smallest absolute Gasteiger partial charge is 0.336 e. The van der Waals surface area contributed by atoms with Crippen LogP contribution in [0.25, 0.3) is 0 Å². The van der Waals surface area contributed by atoms with Gasteiger partial charge in [-0.15, -0.1) is 0 Å². The third-order valence-electron chi connectivity index (χ3n) is 5.30. The maximum Gasteiger partial charge on any atom is 0.336 e. The van der Waals surface area contributed by atoms with Crippen LogP contribution < -0.4 is 0 Å². The maximum atomic E-state index is 12.4. The molecule has 27 heavy (non-hydrogen) atoms. The van der Waals surface area contributed by atoms with E-state index in [1.54, 1.807) is 13.0 Å². The second-order valence-corrected chi connectivity index (χ2v) is 7.07. The molecule has 0 bridgehead atoms. The van der Waals surface area contributed by atoms with Crippen molar-refractivity contribution in [3.63, 3.8) is 0 Å². The third-order valence-corrected chi connectivity index (χ3v) is 5.30. The minimum absolute atomic E-state index is 0.109. The van der Waals surface area contributed by atoms with Gasteiger partial charge < -0.3 is 24.4 Å². The molecule has 2 aliphatic heterocycles. The van der Waals surface area contributed by atoms with Crippen LogP contribution in [0.4, 0.5) is 0 Å². The summed E-state index contributed by atoms with van der Waals surface area (Å²) >= 11 is 0. The van der Waals surface area contributed by atoms with E-state index in [1.165, 1.54) is 6.08 Å².